The molecule has 0 bridgehead atoms. The second-order valence-electron chi connectivity index (χ2n) is 6.50. The average molecular weight is 520 g/mol. The summed E-state index contributed by atoms with van der Waals surface area (Å²) >= 11 is 0. The molecule has 190 valence electrons. The van der Waals surface area contributed by atoms with Gasteiger partial charge in [0.05, 0.1) is 16.9 Å². The zero-order valence-electron chi connectivity index (χ0n) is 17.8. The summed E-state index contributed by atoms with van der Waals surface area (Å²) < 4.78 is 111. The van der Waals surface area contributed by atoms with Crippen molar-refractivity contribution in [2.45, 2.75) is 89.8 Å². The summed E-state index contributed by atoms with van der Waals surface area (Å²) in [5, 5.41) is 9.04. The summed E-state index contributed by atoms with van der Waals surface area (Å²) in [5.74, 6) is 1.16. The zero-order valence-corrected chi connectivity index (χ0v) is 19.5. The molecular formula is C15H27F6N5O4S2. The monoisotopic (exact) mass is 519 g/mol. The molecule has 32 heavy (non-hydrogen) atoms. The molecule has 0 saturated carbocycles. The number of hydrogen-bond acceptors (Lipinski definition) is 6. The Hall–Kier alpha value is -1.49. The zero-order chi connectivity index (χ0) is 25.2. The molecule has 0 spiro atoms. The minimum Gasteiger partial charge on any atom is -0.421 e. The summed E-state index contributed by atoms with van der Waals surface area (Å²) in [4.78, 5) is 1.81. The number of alkyl halides is 6. The van der Waals surface area contributed by atoms with Gasteiger partial charge < -0.3 is 4.13 Å². The van der Waals surface area contributed by atoms with E-state index in [0.29, 0.717) is 0 Å². The van der Waals surface area contributed by atoms with Crippen molar-refractivity contribution in [3.8, 4) is 0 Å². The van der Waals surface area contributed by atoms with Crippen molar-refractivity contribution < 1.29 is 47.9 Å². The second kappa shape index (κ2) is 12.7. The highest BCUT2D eigenvalue weighted by atomic mass is 32.3. The third-order valence-corrected chi connectivity index (χ3v) is 6.52. The number of tetrazole rings is 1. The number of hydrogen-bond donors (Lipinski definition) is 0. The summed E-state index contributed by atoms with van der Waals surface area (Å²) in [6, 6.07) is 0. The quantitative estimate of drug-likeness (QED) is 0.251. The van der Waals surface area contributed by atoms with Gasteiger partial charge in [-0.25, -0.2) is 16.8 Å². The molecule has 0 fully saturated rings. The molecular weight excluding hydrogens is 492 g/mol. The number of aromatic nitrogens is 4. The molecule has 0 aromatic carbocycles. The lowest BCUT2D eigenvalue weighted by Crippen LogP contribution is -2.40. The largest absolute Gasteiger partial charge is 0.480 e. The minimum absolute atomic E-state index is 0.778. The lowest BCUT2D eigenvalue weighted by Gasteiger charge is -2.22. The molecule has 0 amide bonds. The Bertz CT molecular complexity index is 856. The third kappa shape index (κ3) is 9.97. The molecule has 1 rings (SSSR count). The van der Waals surface area contributed by atoms with Gasteiger partial charge in [-0.15, -0.1) is 4.68 Å². The van der Waals surface area contributed by atoms with Gasteiger partial charge in [0.15, 0.2) is 20.0 Å². The van der Waals surface area contributed by atoms with Gasteiger partial charge in [-0.05, 0) is 24.6 Å². The fraction of sp³-hybridized carbons (Fsp3) is 0.933. The number of sulfonamides is 2. The van der Waals surface area contributed by atoms with E-state index in [-0.39, 0.29) is 0 Å². The van der Waals surface area contributed by atoms with Crippen LogP contribution in [0.1, 0.15) is 65.1 Å². The molecule has 1 aromatic heterocycles. The number of unbranched alkanes of at least 4 members (excludes halogenated alkanes) is 4. The first-order valence-electron chi connectivity index (χ1n) is 9.73. The topological polar surface area (TPSA) is 117 Å². The Morgan fingerprint density at radius 2 is 1.34 bits per heavy atom. The molecule has 0 aliphatic rings. The Balaban J connectivity index is 0.000000607. The normalized spacial score (nSPS) is 13.0. The fourth-order valence-electron chi connectivity index (χ4n) is 2.10. The smallest absolute Gasteiger partial charge is 0.421 e. The van der Waals surface area contributed by atoms with Gasteiger partial charge in [-0.2, -0.15) is 26.3 Å². The molecule has 9 nitrogen and oxygen atoms in total. The molecule has 0 aliphatic carbocycles. The minimum atomic E-state index is -6.72. The summed E-state index contributed by atoms with van der Waals surface area (Å²) in [5.41, 5.74) is -12.4. The number of rotatable bonds is 11. The summed E-state index contributed by atoms with van der Waals surface area (Å²) in [6.07, 6.45) is 8.64. The lowest BCUT2D eigenvalue weighted by molar-refractivity contribution is -0.762. The van der Waals surface area contributed by atoms with E-state index in [9.17, 15) is 43.2 Å². The van der Waals surface area contributed by atoms with Crippen LogP contribution in [0.25, 0.3) is 4.13 Å². The van der Waals surface area contributed by atoms with Crippen LogP contribution in [0, 0.1) is 0 Å². The fourth-order valence-corrected chi connectivity index (χ4v) is 3.81. The van der Waals surface area contributed by atoms with Crippen molar-refractivity contribution in [3.63, 3.8) is 0 Å². The van der Waals surface area contributed by atoms with Crippen LogP contribution in [-0.2, 0) is 39.6 Å². The van der Waals surface area contributed by atoms with Crippen molar-refractivity contribution in [1.82, 2.24) is 15.1 Å². The first kappa shape index (κ1) is 30.5. The SMILES string of the molecule is CCCCCCc1nn(CC)n[n+]1CCCC.O=S(=O)([N-]S(=O)(=O)C(F)(F)F)C(F)(F)F. The highest BCUT2D eigenvalue weighted by Gasteiger charge is 2.46. The van der Waals surface area contributed by atoms with E-state index in [4.69, 9.17) is 0 Å². The van der Waals surface area contributed by atoms with E-state index in [1.165, 1.54) is 38.5 Å². The maximum atomic E-state index is 11.4. The first-order chi connectivity index (χ1) is 14.5. The maximum Gasteiger partial charge on any atom is 0.480 e. The standard InChI is InChI=1S/C13H27N4.C2F6NO4S2/c1-4-7-9-10-11-13-14-17(6-3)15-16(13)12-8-5-2;3-1(4,5)14(10,11)9-15(12,13)2(6,7)8/h4-12H2,1-3H3;/q+1;-1. The molecule has 1 heterocycles. The van der Waals surface area contributed by atoms with Gasteiger partial charge in [0.1, 0.15) is 6.54 Å². The highest BCUT2D eigenvalue weighted by Crippen LogP contribution is 2.36. The predicted molar refractivity (Wildman–Crippen MR) is 102 cm³/mol. The molecule has 1 aromatic rings. The van der Waals surface area contributed by atoms with Crippen molar-refractivity contribution in [2.24, 2.45) is 0 Å². The number of halogens is 6. The van der Waals surface area contributed by atoms with Gasteiger partial charge in [0, 0.05) is 6.42 Å². The van der Waals surface area contributed by atoms with Crippen LogP contribution in [0.2, 0.25) is 0 Å². The van der Waals surface area contributed by atoms with Crippen LogP contribution < -0.4 is 4.68 Å². The highest BCUT2D eigenvalue weighted by molar-refractivity contribution is 8.13. The molecule has 0 aliphatic heterocycles. The Morgan fingerprint density at radius 1 is 0.844 bits per heavy atom. The predicted octanol–water partition coefficient (Wildman–Crippen LogP) is 3.57. The van der Waals surface area contributed by atoms with Gasteiger partial charge in [-0.1, -0.05) is 39.5 Å². The number of aryl methyl sites for hydroxylation is 3. The molecule has 0 N–H and O–H groups in total. The van der Waals surface area contributed by atoms with E-state index < -0.39 is 31.1 Å². The van der Waals surface area contributed by atoms with E-state index in [1.54, 1.807) is 0 Å². The first-order valence-corrected chi connectivity index (χ1v) is 12.6. The van der Waals surface area contributed by atoms with E-state index in [2.05, 4.69) is 35.8 Å². The van der Waals surface area contributed by atoms with Crippen LogP contribution in [0.5, 0.6) is 0 Å². The number of nitrogens with zero attached hydrogens (tertiary/aromatic N) is 5. The van der Waals surface area contributed by atoms with Gasteiger partial charge in [0.2, 0.25) is 0 Å². The Morgan fingerprint density at radius 3 is 1.75 bits per heavy atom. The van der Waals surface area contributed by atoms with Crippen LogP contribution in [0.15, 0.2) is 0 Å². The van der Waals surface area contributed by atoms with Crippen LogP contribution in [-0.4, -0.2) is 43.0 Å². The summed E-state index contributed by atoms with van der Waals surface area (Å²) in [6.45, 7) is 8.42. The van der Waals surface area contributed by atoms with Gasteiger partial charge >= 0.3 is 11.0 Å². The summed E-state index contributed by atoms with van der Waals surface area (Å²) in [7, 11) is -13.4. The lowest BCUT2D eigenvalue weighted by atomic mass is 10.1. The van der Waals surface area contributed by atoms with Crippen molar-refractivity contribution >= 4 is 20.0 Å². The van der Waals surface area contributed by atoms with E-state index in [1.807, 2.05) is 4.80 Å². The van der Waals surface area contributed by atoms with Gasteiger partial charge in [0.25, 0.3) is 5.82 Å². The van der Waals surface area contributed by atoms with Gasteiger partial charge in [-0.3, -0.25) is 0 Å². The van der Waals surface area contributed by atoms with Crippen molar-refractivity contribution in [2.75, 3.05) is 0 Å². The van der Waals surface area contributed by atoms with Crippen LogP contribution in [0.4, 0.5) is 26.3 Å². The van der Waals surface area contributed by atoms with Crippen LogP contribution >= 0.6 is 0 Å². The van der Waals surface area contributed by atoms with Crippen molar-refractivity contribution in [1.29, 1.82) is 0 Å². The average Bonchev–Trinajstić information content (AvgIpc) is 3.03. The third-order valence-electron chi connectivity index (χ3n) is 3.78. The molecule has 0 atom stereocenters. The van der Waals surface area contributed by atoms with Crippen molar-refractivity contribution in [3.05, 3.63) is 9.95 Å². The Labute approximate surface area is 183 Å². The van der Waals surface area contributed by atoms with E-state index in [0.717, 1.165) is 29.5 Å². The molecule has 0 saturated heterocycles. The second-order valence-corrected chi connectivity index (χ2v) is 9.92. The van der Waals surface area contributed by atoms with Crippen LogP contribution in [0.3, 0.4) is 0 Å². The molecule has 0 radical (unpaired) electrons. The molecule has 0 unspecified atom stereocenters. The molecule has 17 heteroatoms. The Kier molecular flexibility index (Phi) is 12.1. The maximum absolute atomic E-state index is 11.4. The van der Waals surface area contributed by atoms with E-state index >= 15 is 0 Å².